The summed E-state index contributed by atoms with van der Waals surface area (Å²) in [7, 11) is 2.87. The lowest BCUT2D eigenvalue weighted by atomic mass is 10.1. The van der Waals surface area contributed by atoms with Gasteiger partial charge >= 0.3 is 11.6 Å². The smallest absolute Gasteiger partial charge is 0.349 e. The summed E-state index contributed by atoms with van der Waals surface area (Å²) in [5.41, 5.74) is -0.336. The van der Waals surface area contributed by atoms with Crippen molar-refractivity contribution in [1.29, 1.82) is 0 Å². The minimum atomic E-state index is -0.698. The molecule has 2 rings (SSSR count). The summed E-state index contributed by atoms with van der Waals surface area (Å²) in [6.45, 7) is 2.62. The van der Waals surface area contributed by atoms with Crippen molar-refractivity contribution in [2.75, 3.05) is 33.9 Å². The van der Waals surface area contributed by atoms with E-state index >= 15 is 0 Å². The van der Waals surface area contributed by atoms with Gasteiger partial charge in [-0.15, -0.1) is 0 Å². The Morgan fingerprint density at radius 3 is 2.65 bits per heavy atom. The lowest BCUT2D eigenvalue weighted by molar-refractivity contribution is -0.145. The van der Waals surface area contributed by atoms with Crippen LogP contribution in [0.1, 0.15) is 23.7 Å². The third kappa shape index (κ3) is 4.70. The molecule has 0 aliphatic carbocycles. The monoisotopic (exact) mass is 361 g/mol. The van der Waals surface area contributed by atoms with Crippen molar-refractivity contribution in [1.82, 2.24) is 4.90 Å². The maximum absolute atomic E-state index is 12.9. The number of hydrogen-bond donors (Lipinski definition) is 0. The lowest BCUT2D eigenvalue weighted by Crippen LogP contribution is -2.40. The first kappa shape index (κ1) is 19.7. The number of benzene rings is 1. The topological polar surface area (TPSA) is 86.0 Å². The third-order valence-electron chi connectivity index (χ3n) is 4.03. The summed E-state index contributed by atoms with van der Waals surface area (Å²) in [6, 6.07) is 8.51. The predicted octanol–water partition coefficient (Wildman–Crippen LogP) is 2.08. The quantitative estimate of drug-likeness (QED) is 0.406. The molecule has 0 saturated heterocycles. The first-order valence-electron chi connectivity index (χ1n) is 8.36. The van der Waals surface area contributed by atoms with E-state index in [2.05, 4.69) is 0 Å². The van der Waals surface area contributed by atoms with E-state index in [0.717, 1.165) is 0 Å². The fourth-order valence-corrected chi connectivity index (χ4v) is 2.66. The van der Waals surface area contributed by atoms with Crippen LogP contribution < -0.4 is 5.63 Å². The molecule has 0 bridgehead atoms. The number of rotatable bonds is 8. The molecule has 1 aromatic heterocycles. The summed E-state index contributed by atoms with van der Waals surface area (Å²) in [5.74, 6) is -1.41. The molecule has 2 aromatic rings. The number of hydrogen-bond acceptors (Lipinski definition) is 6. The second-order valence-corrected chi connectivity index (χ2v) is 6.01. The molecule has 26 heavy (non-hydrogen) atoms. The lowest BCUT2D eigenvalue weighted by Gasteiger charge is -2.24. The summed E-state index contributed by atoms with van der Waals surface area (Å²) in [5, 5.41) is 0.660. The Morgan fingerprint density at radius 2 is 1.96 bits per heavy atom. The molecule has 0 aliphatic heterocycles. The molecule has 7 nitrogen and oxygen atoms in total. The SMILES string of the molecule is COCCCN(CC(C)C(=O)OC)C(=O)c1cc2ccccc2oc1=O. The molecular weight excluding hydrogens is 338 g/mol. The molecule has 0 spiro atoms. The summed E-state index contributed by atoms with van der Waals surface area (Å²) in [4.78, 5) is 38.4. The Labute approximate surface area is 151 Å². The molecule has 0 aliphatic rings. The van der Waals surface area contributed by atoms with Gasteiger partial charge in [0, 0.05) is 32.2 Å². The van der Waals surface area contributed by atoms with Gasteiger partial charge in [-0.05, 0) is 18.6 Å². The number of fused-ring (bicyclic) bond motifs is 1. The van der Waals surface area contributed by atoms with Gasteiger partial charge in [-0.3, -0.25) is 9.59 Å². The number of amides is 1. The Balaban J connectivity index is 2.30. The largest absolute Gasteiger partial charge is 0.469 e. The van der Waals surface area contributed by atoms with Crippen LogP contribution in [0.3, 0.4) is 0 Å². The third-order valence-corrected chi connectivity index (χ3v) is 4.03. The second kappa shape index (κ2) is 9.15. The highest BCUT2D eigenvalue weighted by Crippen LogP contribution is 2.15. The van der Waals surface area contributed by atoms with Crippen molar-refractivity contribution in [2.24, 2.45) is 5.92 Å². The maximum atomic E-state index is 12.9. The van der Waals surface area contributed by atoms with Crippen molar-refractivity contribution in [3.05, 3.63) is 46.3 Å². The molecule has 7 heteroatoms. The molecule has 1 unspecified atom stereocenters. The average molecular weight is 361 g/mol. The molecule has 1 atom stereocenters. The van der Waals surface area contributed by atoms with Crippen molar-refractivity contribution in [3.63, 3.8) is 0 Å². The number of methoxy groups -OCH3 is 2. The summed E-state index contributed by atoms with van der Waals surface area (Å²) in [6.07, 6.45) is 0.578. The van der Waals surface area contributed by atoms with E-state index in [0.29, 0.717) is 30.5 Å². The van der Waals surface area contributed by atoms with Crippen LogP contribution in [-0.2, 0) is 14.3 Å². The van der Waals surface area contributed by atoms with E-state index < -0.39 is 23.4 Å². The molecule has 0 radical (unpaired) electrons. The molecule has 0 N–H and O–H groups in total. The van der Waals surface area contributed by atoms with Crippen LogP contribution in [0.2, 0.25) is 0 Å². The first-order chi connectivity index (χ1) is 12.5. The average Bonchev–Trinajstić information content (AvgIpc) is 2.65. The number of esters is 1. The van der Waals surface area contributed by atoms with Gasteiger partial charge in [0.15, 0.2) is 0 Å². The van der Waals surface area contributed by atoms with Crippen LogP contribution in [0.15, 0.2) is 39.5 Å². The molecule has 1 heterocycles. The zero-order chi connectivity index (χ0) is 19.1. The second-order valence-electron chi connectivity index (χ2n) is 6.01. The van der Waals surface area contributed by atoms with Gasteiger partial charge in [0.2, 0.25) is 0 Å². The fourth-order valence-electron chi connectivity index (χ4n) is 2.66. The van der Waals surface area contributed by atoms with Crippen LogP contribution in [-0.4, -0.2) is 50.7 Å². The minimum Gasteiger partial charge on any atom is -0.469 e. The number of carbonyl (C=O) groups excluding carboxylic acids is 2. The van der Waals surface area contributed by atoms with Crippen molar-refractivity contribution in [3.8, 4) is 0 Å². The number of carbonyl (C=O) groups is 2. The van der Waals surface area contributed by atoms with Gasteiger partial charge in [-0.25, -0.2) is 4.79 Å². The molecule has 0 fully saturated rings. The number of nitrogens with zero attached hydrogens (tertiary/aromatic N) is 1. The standard InChI is InChI=1S/C19H23NO6/c1-13(18(22)25-3)12-20(9-6-10-24-2)17(21)15-11-14-7-4-5-8-16(14)26-19(15)23/h4-5,7-8,11,13H,6,9-10,12H2,1-3H3. The van der Waals surface area contributed by atoms with Gasteiger partial charge in [0.05, 0.1) is 13.0 Å². The van der Waals surface area contributed by atoms with Crippen LogP contribution >= 0.6 is 0 Å². The van der Waals surface area contributed by atoms with Crippen LogP contribution in [0.25, 0.3) is 11.0 Å². The normalized spacial score (nSPS) is 12.0. The van der Waals surface area contributed by atoms with E-state index in [1.807, 2.05) is 0 Å². The van der Waals surface area contributed by atoms with E-state index in [1.54, 1.807) is 38.3 Å². The molecule has 0 saturated carbocycles. The molecule has 1 amide bonds. The van der Waals surface area contributed by atoms with E-state index in [1.165, 1.54) is 18.1 Å². The Hall–Kier alpha value is -2.67. The first-order valence-corrected chi connectivity index (χ1v) is 8.36. The summed E-state index contributed by atoms with van der Waals surface area (Å²) < 4.78 is 15.0. The highest BCUT2D eigenvalue weighted by molar-refractivity contribution is 5.96. The number of ether oxygens (including phenoxy) is 2. The van der Waals surface area contributed by atoms with Crippen molar-refractivity contribution in [2.45, 2.75) is 13.3 Å². The summed E-state index contributed by atoms with van der Waals surface area (Å²) >= 11 is 0. The zero-order valence-electron chi connectivity index (χ0n) is 15.2. The maximum Gasteiger partial charge on any atom is 0.349 e. The van der Waals surface area contributed by atoms with Crippen LogP contribution in [0.4, 0.5) is 0 Å². The Morgan fingerprint density at radius 1 is 1.23 bits per heavy atom. The molecule has 1 aromatic carbocycles. The minimum absolute atomic E-state index is 0.0572. The zero-order valence-corrected chi connectivity index (χ0v) is 15.2. The van der Waals surface area contributed by atoms with Gasteiger partial charge in [-0.2, -0.15) is 0 Å². The number of para-hydroxylation sites is 1. The van der Waals surface area contributed by atoms with Crippen molar-refractivity contribution >= 4 is 22.8 Å². The van der Waals surface area contributed by atoms with Gasteiger partial charge in [0.25, 0.3) is 5.91 Å². The van der Waals surface area contributed by atoms with Crippen LogP contribution in [0, 0.1) is 5.92 Å². The van der Waals surface area contributed by atoms with E-state index in [-0.39, 0.29) is 12.1 Å². The van der Waals surface area contributed by atoms with Gasteiger partial charge < -0.3 is 18.8 Å². The Kier molecular flexibility index (Phi) is 6.91. The highest BCUT2D eigenvalue weighted by Gasteiger charge is 2.25. The van der Waals surface area contributed by atoms with Gasteiger partial charge in [-0.1, -0.05) is 25.1 Å². The molecule has 140 valence electrons. The Bertz CT molecular complexity index is 828. The van der Waals surface area contributed by atoms with Crippen LogP contribution in [0.5, 0.6) is 0 Å². The van der Waals surface area contributed by atoms with Gasteiger partial charge in [0.1, 0.15) is 11.1 Å². The fraction of sp³-hybridized carbons (Fsp3) is 0.421. The van der Waals surface area contributed by atoms with E-state index in [4.69, 9.17) is 13.9 Å². The van der Waals surface area contributed by atoms with Crippen molar-refractivity contribution < 1.29 is 23.5 Å². The van der Waals surface area contributed by atoms with E-state index in [9.17, 15) is 14.4 Å². The highest BCUT2D eigenvalue weighted by atomic mass is 16.5. The molecular formula is C19H23NO6. The predicted molar refractivity (Wildman–Crippen MR) is 96.1 cm³/mol.